The van der Waals surface area contributed by atoms with Crippen LogP contribution < -0.4 is 10.9 Å². The molecule has 1 N–H and O–H groups in total. The molecule has 5 heteroatoms. The molecule has 2 bridgehead atoms. The fourth-order valence-electron chi connectivity index (χ4n) is 4.55. The summed E-state index contributed by atoms with van der Waals surface area (Å²) in [5.74, 6) is 1.71. The predicted molar refractivity (Wildman–Crippen MR) is 93.4 cm³/mol. The lowest BCUT2D eigenvalue weighted by molar-refractivity contribution is 0.0911. The summed E-state index contributed by atoms with van der Waals surface area (Å²) < 4.78 is 5.25. The van der Waals surface area contributed by atoms with Crippen LogP contribution in [0.1, 0.15) is 43.0 Å². The number of fused-ring (bicyclic) bond motifs is 3. The smallest absolute Gasteiger partial charge is 0.349 e. The average molecular weight is 346 g/mol. The summed E-state index contributed by atoms with van der Waals surface area (Å²) in [5.41, 5.74) is -0.135. The van der Waals surface area contributed by atoms with Crippen molar-refractivity contribution in [2.24, 2.45) is 17.8 Å². The molecule has 126 valence electrons. The highest BCUT2D eigenvalue weighted by molar-refractivity contribution is 6.31. The van der Waals surface area contributed by atoms with Crippen LogP contribution in [0.15, 0.2) is 33.5 Å². The Morgan fingerprint density at radius 3 is 2.83 bits per heavy atom. The van der Waals surface area contributed by atoms with E-state index in [9.17, 15) is 9.59 Å². The minimum Gasteiger partial charge on any atom is -0.422 e. The SMILES string of the molecule is C[C@H](NC(=O)c1cc2cc(Cl)ccc2oc1=O)[C@@H]1C[C@@H]2CC[C@@H]1C2. The maximum absolute atomic E-state index is 12.6. The van der Waals surface area contributed by atoms with Crippen molar-refractivity contribution in [2.45, 2.75) is 38.6 Å². The second-order valence-electron chi connectivity index (χ2n) is 7.23. The van der Waals surface area contributed by atoms with Gasteiger partial charge in [0.15, 0.2) is 0 Å². The molecule has 0 aliphatic heterocycles. The van der Waals surface area contributed by atoms with Crippen molar-refractivity contribution in [1.82, 2.24) is 5.32 Å². The summed E-state index contributed by atoms with van der Waals surface area (Å²) in [6.07, 6.45) is 5.08. The number of carbonyl (C=O) groups is 1. The van der Waals surface area contributed by atoms with Gasteiger partial charge in [0, 0.05) is 16.5 Å². The summed E-state index contributed by atoms with van der Waals surface area (Å²) in [5, 5.41) is 4.20. The van der Waals surface area contributed by atoms with Crippen LogP contribution in [0.2, 0.25) is 5.02 Å². The summed E-state index contributed by atoms with van der Waals surface area (Å²) in [6.45, 7) is 2.04. The van der Waals surface area contributed by atoms with Crippen molar-refractivity contribution in [3.63, 3.8) is 0 Å². The molecule has 2 saturated carbocycles. The van der Waals surface area contributed by atoms with Gasteiger partial charge >= 0.3 is 5.63 Å². The fraction of sp³-hybridized carbons (Fsp3) is 0.474. The highest BCUT2D eigenvalue weighted by Gasteiger charge is 2.42. The van der Waals surface area contributed by atoms with Crippen LogP contribution >= 0.6 is 11.6 Å². The van der Waals surface area contributed by atoms with Crippen molar-refractivity contribution in [3.05, 3.63) is 45.3 Å². The second kappa shape index (κ2) is 5.92. The van der Waals surface area contributed by atoms with Crippen molar-refractivity contribution >= 4 is 28.5 Å². The van der Waals surface area contributed by atoms with E-state index in [1.54, 1.807) is 24.3 Å². The van der Waals surface area contributed by atoms with Crippen LogP contribution in [0, 0.1) is 17.8 Å². The van der Waals surface area contributed by atoms with E-state index >= 15 is 0 Å². The molecule has 4 nitrogen and oxygen atoms in total. The van der Waals surface area contributed by atoms with Gasteiger partial charge < -0.3 is 9.73 Å². The first kappa shape index (κ1) is 15.7. The Bertz CT molecular complexity index is 859. The molecular weight excluding hydrogens is 326 g/mol. The van der Waals surface area contributed by atoms with Gasteiger partial charge in [-0.25, -0.2) is 4.79 Å². The standard InChI is InChI=1S/C19H20ClNO3/c1-10(15-7-11-2-3-12(15)6-11)21-18(22)16-9-13-8-14(20)4-5-17(13)24-19(16)23/h4-5,8-12,15H,2-3,6-7H2,1H3,(H,21,22)/t10-,11+,12+,15-/m0/s1. The zero-order chi connectivity index (χ0) is 16.8. The number of hydrogen-bond acceptors (Lipinski definition) is 3. The average Bonchev–Trinajstić information content (AvgIpc) is 3.17. The number of carbonyl (C=O) groups excluding carboxylic acids is 1. The third-order valence-corrected chi connectivity index (χ3v) is 5.97. The van der Waals surface area contributed by atoms with Crippen LogP contribution in [0.4, 0.5) is 0 Å². The van der Waals surface area contributed by atoms with E-state index in [2.05, 4.69) is 5.32 Å². The van der Waals surface area contributed by atoms with Crippen LogP contribution in [0.3, 0.4) is 0 Å². The van der Waals surface area contributed by atoms with Crippen LogP contribution in [0.5, 0.6) is 0 Å². The molecule has 2 aliphatic rings. The van der Waals surface area contributed by atoms with E-state index in [0.717, 1.165) is 11.8 Å². The zero-order valence-electron chi connectivity index (χ0n) is 13.5. The first-order valence-corrected chi connectivity index (χ1v) is 8.93. The van der Waals surface area contributed by atoms with Gasteiger partial charge in [-0.05, 0) is 68.2 Å². The highest BCUT2D eigenvalue weighted by atomic mass is 35.5. The number of amides is 1. The van der Waals surface area contributed by atoms with Gasteiger partial charge in [-0.15, -0.1) is 0 Å². The van der Waals surface area contributed by atoms with Gasteiger partial charge in [-0.1, -0.05) is 18.0 Å². The van der Waals surface area contributed by atoms with Crippen molar-refractivity contribution < 1.29 is 9.21 Å². The minimum atomic E-state index is -0.609. The maximum Gasteiger partial charge on any atom is 0.349 e. The number of nitrogens with one attached hydrogen (secondary N) is 1. The summed E-state index contributed by atoms with van der Waals surface area (Å²) in [4.78, 5) is 24.7. The summed E-state index contributed by atoms with van der Waals surface area (Å²) in [6, 6.07) is 6.62. The van der Waals surface area contributed by atoms with Gasteiger partial charge in [0.2, 0.25) is 0 Å². The molecule has 0 radical (unpaired) electrons. The van der Waals surface area contributed by atoms with Crippen molar-refractivity contribution in [3.8, 4) is 0 Å². The van der Waals surface area contributed by atoms with Gasteiger partial charge in [0.25, 0.3) is 5.91 Å². The van der Waals surface area contributed by atoms with E-state index in [0.29, 0.717) is 21.9 Å². The highest BCUT2D eigenvalue weighted by Crippen LogP contribution is 2.49. The Labute approximate surface area is 145 Å². The number of hydrogen-bond donors (Lipinski definition) is 1. The third kappa shape index (κ3) is 2.73. The maximum atomic E-state index is 12.6. The second-order valence-corrected chi connectivity index (χ2v) is 7.67. The van der Waals surface area contributed by atoms with E-state index in [4.69, 9.17) is 16.0 Å². The molecule has 0 unspecified atom stereocenters. The molecular formula is C19H20ClNO3. The van der Waals surface area contributed by atoms with E-state index in [1.807, 2.05) is 6.92 Å². The molecule has 1 amide bonds. The van der Waals surface area contributed by atoms with E-state index in [-0.39, 0.29) is 17.5 Å². The molecule has 2 aliphatic carbocycles. The van der Waals surface area contributed by atoms with Crippen LogP contribution in [-0.4, -0.2) is 11.9 Å². The predicted octanol–water partition coefficient (Wildman–Crippen LogP) is 4.00. The lowest BCUT2D eigenvalue weighted by Crippen LogP contribution is -2.41. The molecule has 2 aromatic rings. The first-order valence-electron chi connectivity index (χ1n) is 8.55. The Morgan fingerprint density at radius 1 is 1.29 bits per heavy atom. The van der Waals surface area contributed by atoms with Gasteiger partial charge in [0.05, 0.1) is 0 Å². The van der Waals surface area contributed by atoms with E-state index in [1.165, 1.54) is 25.7 Å². The van der Waals surface area contributed by atoms with Gasteiger partial charge in [-0.3, -0.25) is 4.79 Å². The number of benzene rings is 1. The number of rotatable bonds is 3. The molecule has 4 atom stereocenters. The molecule has 2 fully saturated rings. The summed E-state index contributed by atoms with van der Waals surface area (Å²) in [7, 11) is 0. The minimum absolute atomic E-state index is 0.0415. The van der Waals surface area contributed by atoms with Crippen LogP contribution in [0.25, 0.3) is 11.0 Å². The van der Waals surface area contributed by atoms with Crippen molar-refractivity contribution in [2.75, 3.05) is 0 Å². The quantitative estimate of drug-likeness (QED) is 0.855. The van der Waals surface area contributed by atoms with Crippen molar-refractivity contribution in [1.29, 1.82) is 0 Å². The Balaban J connectivity index is 1.56. The first-order chi connectivity index (χ1) is 11.5. The molecule has 24 heavy (non-hydrogen) atoms. The molecule has 1 heterocycles. The van der Waals surface area contributed by atoms with E-state index < -0.39 is 5.63 Å². The molecule has 0 spiro atoms. The van der Waals surface area contributed by atoms with Gasteiger partial charge in [0.1, 0.15) is 11.1 Å². The monoisotopic (exact) mass is 345 g/mol. The molecule has 4 rings (SSSR count). The normalized spacial score (nSPS) is 26.7. The third-order valence-electron chi connectivity index (χ3n) is 5.73. The Hall–Kier alpha value is -1.81. The summed E-state index contributed by atoms with van der Waals surface area (Å²) >= 11 is 5.98. The molecule has 1 aromatic carbocycles. The number of halogens is 1. The zero-order valence-corrected chi connectivity index (χ0v) is 14.3. The largest absolute Gasteiger partial charge is 0.422 e. The van der Waals surface area contributed by atoms with Gasteiger partial charge in [-0.2, -0.15) is 0 Å². The molecule has 0 saturated heterocycles. The Morgan fingerprint density at radius 2 is 2.12 bits per heavy atom. The Kier molecular flexibility index (Phi) is 3.87. The lowest BCUT2D eigenvalue weighted by Gasteiger charge is -2.28. The molecule has 1 aromatic heterocycles. The lowest BCUT2D eigenvalue weighted by atomic mass is 9.84. The topological polar surface area (TPSA) is 59.3 Å². The fourth-order valence-corrected chi connectivity index (χ4v) is 4.73. The van der Waals surface area contributed by atoms with Crippen LogP contribution in [-0.2, 0) is 0 Å².